The number of nitrogens with one attached hydrogen (secondary N) is 1. The number of methoxy groups -OCH3 is 1. The Hall–Kier alpha value is -0.860. The number of piperidine rings is 1. The van der Waals surface area contributed by atoms with Crippen molar-refractivity contribution in [2.45, 2.75) is 56.6 Å². The molecule has 0 spiro atoms. The molecule has 2 aliphatic carbocycles. The summed E-state index contributed by atoms with van der Waals surface area (Å²) < 4.78 is 5.34. The number of benzene rings is 1. The molecule has 20 heavy (non-hydrogen) atoms. The number of hydrogen-bond donors (Lipinski definition) is 1. The maximum atomic E-state index is 5.34. The first kappa shape index (κ1) is 12.8. The smallest absolute Gasteiger partial charge is 0.0713 e. The summed E-state index contributed by atoms with van der Waals surface area (Å²) >= 11 is 0. The molecule has 0 amide bonds. The van der Waals surface area contributed by atoms with Gasteiger partial charge in [0.2, 0.25) is 0 Å². The lowest BCUT2D eigenvalue weighted by Gasteiger charge is -2.56. The highest BCUT2D eigenvalue weighted by Gasteiger charge is 2.51. The van der Waals surface area contributed by atoms with Crippen molar-refractivity contribution in [2.75, 3.05) is 13.7 Å². The molecule has 2 fully saturated rings. The van der Waals surface area contributed by atoms with Crippen molar-refractivity contribution in [3.05, 3.63) is 34.9 Å². The van der Waals surface area contributed by atoms with E-state index in [1.165, 1.54) is 50.6 Å². The van der Waals surface area contributed by atoms with Gasteiger partial charge in [0.1, 0.15) is 0 Å². The van der Waals surface area contributed by atoms with Gasteiger partial charge in [-0.25, -0.2) is 0 Å². The van der Waals surface area contributed by atoms with Gasteiger partial charge in [0.15, 0.2) is 0 Å². The van der Waals surface area contributed by atoms with Crippen LogP contribution in [0.25, 0.3) is 0 Å². The van der Waals surface area contributed by atoms with Crippen LogP contribution in [0.1, 0.15) is 48.8 Å². The minimum Gasteiger partial charge on any atom is -0.380 e. The molecule has 1 N–H and O–H groups in total. The van der Waals surface area contributed by atoms with Crippen molar-refractivity contribution in [2.24, 2.45) is 5.92 Å². The Morgan fingerprint density at radius 1 is 1.30 bits per heavy atom. The van der Waals surface area contributed by atoms with Crippen LogP contribution in [-0.2, 0) is 23.2 Å². The molecule has 1 saturated heterocycles. The molecule has 0 radical (unpaired) electrons. The second-order valence-electron chi connectivity index (χ2n) is 6.95. The summed E-state index contributed by atoms with van der Waals surface area (Å²) in [4.78, 5) is 0. The van der Waals surface area contributed by atoms with Crippen LogP contribution in [0, 0.1) is 5.92 Å². The maximum absolute atomic E-state index is 5.34. The van der Waals surface area contributed by atoms with E-state index in [9.17, 15) is 0 Å². The van der Waals surface area contributed by atoms with Crippen molar-refractivity contribution in [3.63, 3.8) is 0 Å². The monoisotopic (exact) mass is 271 g/mol. The van der Waals surface area contributed by atoms with E-state index < -0.39 is 0 Å². The summed E-state index contributed by atoms with van der Waals surface area (Å²) in [6.07, 6.45) is 8.23. The molecule has 108 valence electrons. The first-order valence-electron chi connectivity index (χ1n) is 8.18. The van der Waals surface area contributed by atoms with Crippen LogP contribution >= 0.6 is 0 Å². The lowest BCUT2D eigenvalue weighted by atomic mass is 9.52. The van der Waals surface area contributed by atoms with Gasteiger partial charge in [-0.2, -0.15) is 0 Å². The van der Waals surface area contributed by atoms with E-state index in [0.29, 0.717) is 5.41 Å². The van der Waals surface area contributed by atoms with Crippen LogP contribution in [0.2, 0.25) is 0 Å². The largest absolute Gasteiger partial charge is 0.380 e. The lowest BCUT2D eigenvalue weighted by Crippen LogP contribution is -2.59. The quantitative estimate of drug-likeness (QED) is 0.892. The molecule has 1 aliphatic heterocycles. The Kier molecular flexibility index (Phi) is 3.12. The fourth-order valence-electron chi connectivity index (χ4n) is 5.23. The molecular formula is C18H25NO. The molecule has 4 rings (SSSR count). The topological polar surface area (TPSA) is 21.3 Å². The third-order valence-electron chi connectivity index (χ3n) is 6.02. The first-order valence-corrected chi connectivity index (χ1v) is 8.18. The maximum Gasteiger partial charge on any atom is 0.0713 e. The molecule has 2 heteroatoms. The second-order valence-corrected chi connectivity index (χ2v) is 6.95. The highest BCUT2D eigenvalue weighted by Crippen LogP contribution is 2.53. The van der Waals surface area contributed by atoms with E-state index in [1.54, 1.807) is 18.2 Å². The van der Waals surface area contributed by atoms with Crippen LogP contribution in [0.5, 0.6) is 0 Å². The van der Waals surface area contributed by atoms with Gasteiger partial charge in [-0.15, -0.1) is 0 Å². The van der Waals surface area contributed by atoms with E-state index in [2.05, 4.69) is 23.5 Å². The Balaban J connectivity index is 1.83. The molecule has 1 aromatic rings. The van der Waals surface area contributed by atoms with Crippen molar-refractivity contribution < 1.29 is 4.74 Å². The molecule has 2 bridgehead atoms. The molecule has 1 aromatic carbocycles. The van der Waals surface area contributed by atoms with Crippen LogP contribution in [0.4, 0.5) is 0 Å². The van der Waals surface area contributed by atoms with Gasteiger partial charge in [0.05, 0.1) is 6.61 Å². The average Bonchev–Trinajstić information content (AvgIpc) is 2.48. The third-order valence-corrected chi connectivity index (χ3v) is 6.02. The van der Waals surface area contributed by atoms with E-state index >= 15 is 0 Å². The SMILES string of the molecule is COCc1ccc2c(c1)[C@@]13CCCC[C@H]1[C@@H](C2)NCC3. The average molecular weight is 271 g/mol. The Morgan fingerprint density at radius 3 is 3.15 bits per heavy atom. The summed E-state index contributed by atoms with van der Waals surface area (Å²) in [7, 11) is 1.79. The molecule has 3 atom stereocenters. The van der Waals surface area contributed by atoms with Gasteiger partial charge in [-0.3, -0.25) is 0 Å². The van der Waals surface area contributed by atoms with E-state index in [-0.39, 0.29) is 0 Å². The summed E-state index contributed by atoms with van der Waals surface area (Å²) in [6, 6.07) is 7.83. The van der Waals surface area contributed by atoms with Crippen LogP contribution in [0.15, 0.2) is 18.2 Å². The number of rotatable bonds is 2. The van der Waals surface area contributed by atoms with E-state index in [4.69, 9.17) is 4.74 Å². The molecule has 0 aromatic heterocycles. The predicted molar refractivity (Wildman–Crippen MR) is 80.9 cm³/mol. The van der Waals surface area contributed by atoms with Gasteiger partial charge in [-0.1, -0.05) is 31.0 Å². The van der Waals surface area contributed by atoms with Gasteiger partial charge < -0.3 is 10.1 Å². The Labute approximate surface area is 121 Å². The van der Waals surface area contributed by atoms with Gasteiger partial charge in [0, 0.05) is 18.6 Å². The van der Waals surface area contributed by atoms with Crippen molar-refractivity contribution in [1.29, 1.82) is 0 Å². The molecular weight excluding hydrogens is 246 g/mol. The van der Waals surface area contributed by atoms with Crippen molar-refractivity contribution >= 4 is 0 Å². The zero-order valence-electron chi connectivity index (χ0n) is 12.5. The van der Waals surface area contributed by atoms with Crippen LogP contribution in [-0.4, -0.2) is 19.7 Å². The summed E-state index contributed by atoms with van der Waals surface area (Å²) in [5, 5.41) is 3.80. The van der Waals surface area contributed by atoms with Gasteiger partial charge >= 0.3 is 0 Å². The molecule has 1 saturated carbocycles. The Bertz CT molecular complexity index is 508. The standard InChI is InChI=1S/C18H25NO/c1-20-12-13-5-6-14-11-17-15-4-2-3-7-18(15,8-9-19-17)16(14)10-13/h5-6,10,15,17,19H,2-4,7-9,11-12H2,1H3/t15-,17+,18+/m0/s1. The summed E-state index contributed by atoms with van der Waals surface area (Å²) in [6.45, 7) is 1.95. The minimum absolute atomic E-state index is 0.478. The normalized spacial score (nSPS) is 35.2. The van der Waals surface area contributed by atoms with Gasteiger partial charge in [-0.05, 0) is 54.8 Å². The number of fused-ring (bicyclic) bond motifs is 1. The molecule has 1 heterocycles. The highest BCUT2D eigenvalue weighted by atomic mass is 16.5. The molecule has 0 unspecified atom stereocenters. The van der Waals surface area contributed by atoms with Crippen LogP contribution < -0.4 is 5.32 Å². The fraction of sp³-hybridized carbons (Fsp3) is 0.667. The predicted octanol–water partition coefficient (Wildman–Crippen LogP) is 3.18. The van der Waals surface area contributed by atoms with E-state index in [1.807, 2.05) is 0 Å². The van der Waals surface area contributed by atoms with Gasteiger partial charge in [0.25, 0.3) is 0 Å². The molecule has 2 nitrogen and oxygen atoms in total. The van der Waals surface area contributed by atoms with Crippen molar-refractivity contribution in [1.82, 2.24) is 5.32 Å². The van der Waals surface area contributed by atoms with Crippen molar-refractivity contribution in [3.8, 4) is 0 Å². The second kappa shape index (κ2) is 4.85. The minimum atomic E-state index is 0.478. The van der Waals surface area contributed by atoms with E-state index in [0.717, 1.165) is 18.6 Å². The van der Waals surface area contributed by atoms with Crippen LogP contribution in [0.3, 0.4) is 0 Å². The first-order chi connectivity index (χ1) is 9.83. The fourth-order valence-corrected chi connectivity index (χ4v) is 5.23. The highest BCUT2D eigenvalue weighted by molar-refractivity contribution is 5.43. The summed E-state index contributed by atoms with van der Waals surface area (Å²) in [5.41, 5.74) is 5.10. The zero-order chi connectivity index (χ0) is 13.6. The number of hydrogen-bond acceptors (Lipinski definition) is 2. The zero-order valence-corrected chi connectivity index (χ0v) is 12.5. The Morgan fingerprint density at radius 2 is 2.25 bits per heavy atom. The lowest BCUT2D eigenvalue weighted by molar-refractivity contribution is 0.0794. The third kappa shape index (κ3) is 1.78. The number of ether oxygens (including phenoxy) is 1. The summed E-state index contributed by atoms with van der Waals surface area (Å²) in [5.74, 6) is 0.871. The molecule has 3 aliphatic rings.